The van der Waals surface area contributed by atoms with E-state index in [2.05, 4.69) is 14.9 Å². The largest absolute Gasteiger partial charge is 0.384 e. The fraction of sp³-hybridized carbons (Fsp3) is 0.269. The lowest BCUT2D eigenvalue weighted by atomic mass is 10.00. The second-order valence-electron chi connectivity index (χ2n) is 8.31. The van der Waals surface area contributed by atoms with Gasteiger partial charge in [0, 0.05) is 38.8 Å². The highest BCUT2D eigenvalue weighted by molar-refractivity contribution is 6.11. The molecule has 1 saturated heterocycles. The van der Waals surface area contributed by atoms with Crippen LogP contribution in [0.5, 0.6) is 0 Å². The van der Waals surface area contributed by atoms with Crippen LogP contribution in [-0.4, -0.2) is 46.6 Å². The fourth-order valence-electron chi connectivity index (χ4n) is 3.91. The van der Waals surface area contributed by atoms with Gasteiger partial charge in [0.15, 0.2) is 5.65 Å². The molecule has 0 unspecified atom stereocenters. The molecule has 2 aromatic carbocycles. The van der Waals surface area contributed by atoms with Crippen LogP contribution >= 0.6 is 0 Å². The van der Waals surface area contributed by atoms with E-state index in [9.17, 15) is 0 Å². The van der Waals surface area contributed by atoms with Crippen molar-refractivity contribution in [3.63, 3.8) is 0 Å². The first-order valence-electron chi connectivity index (χ1n) is 11.1. The summed E-state index contributed by atoms with van der Waals surface area (Å²) in [4.78, 5) is 11.0. The van der Waals surface area contributed by atoms with Crippen molar-refractivity contribution in [2.24, 2.45) is 7.05 Å². The number of ether oxygens (including phenoxy) is 1. The summed E-state index contributed by atoms with van der Waals surface area (Å²) in [5, 5.41) is 8.16. The maximum absolute atomic E-state index is 8.16. The van der Waals surface area contributed by atoms with Crippen molar-refractivity contribution in [1.29, 1.82) is 5.41 Å². The van der Waals surface area contributed by atoms with Gasteiger partial charge in [-0.15, -0.1) is 0 Å². The predicted octanol–water partition coefficient (Wildman–Crippen LogP) is 4.35. The Morgan fingerprint density at radius 2 is 1.61 bits per heavy atom. The SMILES string of the molecule is Cc1cccc(C(=N)c2cccc(C)c2)c1.Cn1cnc2c(N3CCOCC3)cc(N)nc21.[HH]. The molecule has 4 aromatic rings. The summed E-state index contributed by atoms with van der Waals surface area (Å²) in [6.45, 7) is 7.33. The van der Waals surface area contributed by atoms with Crippen LogP contribution in [0.15, 0.2) is 60.9 Å². The minimum atomic E-state index is 0. The van der Waals surface area contributed by atoms with E-state index in [1.165, 1.54) is 11.1 Å². The van der Waals surface area contributed by atoms with Crippen LogP contribution in [0.4, 0.5) is 11.5 Å². The Balaban J connectivity index is 0.000000186. The molecule has 1 fully saturated rings. The summed E-state index contributed by atoms with van der Waals surface area (Å²) in [5.74, 6) is 0.530. The molecule has 0 bridgehead atoms. The minimum Gasteiger partial charge on any atom is -0.384 e. The Hall–Kier alpha value is -3.71. The Morgan fingerprint density at radius 3 is 2.18 bits per heavy atom. The average molecular weight is 445 g/mol. The molecule has 3 N–H and O–H groups in total. The van der Waals surface area contributed by atoms with Crippen LogP contribution in [-0.2, 0) is 11.8 Å². The number of fused-ring (bicyclic) bond motifs is 1. The van der Waals surface area contributed by atoms with Gasteiger partial charge >= 0.3 is 0 Å². The number of hydrogen-bond donors (Lipinski definition) is 2. The predicted molar refractivity (Wildman–Crippen MR) is 136 cm³/mol. The van der Waals surface area contributed by atoms with Crippen LogP contribution in [0, 0.1) is 19.3 Å². The molecule has 2 aromatic heterocycles. The van der Waals surface area contributed by atoms with Crippen molar-refractivity contribution in [2.45, 2.75) is 13.8 Å². The van der Waals surface area contributed by atoms with Crippen LogP contribution in [0.2, 0.25) is 0 Å². The van der Waals surface area contributed by atoms with E-state index in [-0.39, 0.29) is 1.43 Å². The lowest BCUT2D eigenvalue weighted by Crippen LogP contribution is -2.36. The smallest absolute Gasteiger partial charge is 0.164 e. The molecule has 172 valence electrons. The zero-order chi connectivity index (χ0) is 23.4. The molecule has 5 rings (SSSR count). The van der Waals surface area contributed by atoms with Crippen LogP contribution in [0.1, 0.15) is 23.7 Å². The van der Waals surface area contributed by atoms with Crippen LogP contribution in [0.3, 0.4) is 0 Å². The van der Waals surface area contributed by atoms with Gasteiger partial charge in [0.1, 0.15) is 11.3 Å². The molecule has 7 heteroatoms. The van der Waals surface area contributed by atoms with Crippen molar-refractivity contribution >= 4 is 28.4 Å². The highest BCUT2D eigenvalue weighted by atomic mass is 16.5. The zero-order valence-corrected chi connectivity index (χ0v) is 19.4. The van der Waals surface area contributed by atoms with Crippen molar-refractivity contribution in [3.05, 3.63) is 83.2 Å². The number of aryl methyl sites for hydroxylation is 3. The van der Waals surface area contributed by atoms with Crippen molar-refractivity contribution in [1.82, 2.24) is 14.5 Å². The normalized spacial score (nSPS) is 13.5. The maximum atomic E-state index is 8.16. The molecular formula is C26H32N6O. The molecule has 1 aliphatic heterocycles. The highest BCUT2D eigenvalue weighted by Gasteiger charge is 2.17. The third-order valence-corrected chi connectivity index (χ3v) is 5.63. The molecule has 0 atom stereocenters. The summed E-state index contributed by atoms with van der Waals surface area (Å²) < 4.78 is 7.24. The Morgan fingerprint density at radius 1 is 1.00 bits per heavy atom. The number of morpholine rings is 1. The first-order valence-corrected chi connectivity index (χ1v) is 11.1. The number of nitrogens with two attached hydrogens (primary N) is 1. The standard InChI is InChI=1S/C15H15N.C11H15N5O.H2/c1-11-5-3-7-13(9-11)15(16)14-8-4-6-12(2)10-14;1-15-7-13-10-8(6-9(12)14-11(10)15)16-2-4-17-5-3-16;/h3-10,16H,1-2H3;6-7H,2-5H2,1H3,(H2,12,14);1H. The van der Waals surface area contributed by atoms with E-state index in [0.29, 0.717) is 11.5 Å². The maximum Gasteiger partial charge on any atom is 0.164 e. The summed E-state index contributed by atoms with van der Waals surface area (Å²) in [5.41, 5.74) is 13.6. The van der Waals surface area contributed by atoms with E-state index >= 15 is 0 Å². The number of hydrogen-bond acceptors (Lipinski definition) is 6. The first-order chi connectivity index (χ1) is 15.9. The molecule has 7 nitrogen and oxygen atoms in total. The van der Waals surface area contributed by atoms with Gasteiger partial charge in [-0.3, -0.25) is 5.41 Å². The minimum absolute atomic E-state index is 0. The number of rotatable bonds is 3. The van der Waals surface area contributed by atoms with Gasteiger partial charge in [-0.25, -0.2) is 9.97 Å². The third kappa shape index (κ3) is 5.21. The van der Waals surface area contributed by atoms with E-state index in [4.69, 9.17) is 15.9 Å². The number of anilines is 2. The number of imidazole rings is 1. The zero-order valence-electron chi connectivity index (χ0n) is 19.4. The molecule has 0 spiro atoms. The number of nitrogens with zero attached hydrogens (tertiary/aromatic N) is 4. The van der Waals surface area contributed by atoms with E-state index < -0.39 is 0 Å². The average Bonchev–Trinajstić information content (AvgIpc) is 3.19. The van der Waals surface area contributed by atoms with Gasteiger partial charge in [-0.05, 0) is 26.0 Å². The third-order valence-electron chi connectivity index (χ3n) is 5.63. The molecule has 3 heterocycles. The topological polar surface area (TPSA) is 93.0 Å². The summed E-state index contributed by atoms with van der Waals surface area (Å²) in [6, 6.07) is 18.0. The first kappa shape index (κ1) is 22.5. The quantitative estimate of drug-likeness (QED) is 0.458. The molecule has 0 saturated carbocycles. The number of nitrogens with one attached hydrogen (secondary N) is 1. The van der Waals surface area contributed by atoms with Crippen LogP contribution in [0.25, 0.3) is 11.2 Å². The van der Waals surface area contributed by atoms with Gasteiger partial charge < -0.3 is 19.9 Å². The van der Waals surface area contributed by atoms with Gasteiger partial charge in [0.25, 0.3) is 0 Å². The monoisotopic (exact) mass is 444 g/mol. The summed E-state index contributed by atoms with van der Waals surface area (Å²) >= 11 is 0. The molecule has 1 aliphatic rings. The molecule has 0 radical (unpaired) electrons. The summed E-state index contributed by atoms with van der Waals surface area (Å²) in [7, 11) is 1.92. The summed E-state index contributed by atoms with van der Waals surface area (Å²) in [6.07, 6.45) is 1.76. The Kier molecular flexibility index (Phi) is 6.70. The van der Waals surface area contributed by atoms with E-state index in [0.717, 1.165) is 54.3 Å². The number of nitrogen functional groups attached to an aromatic ring is 1. The number of benzene rings is 2. The molecule has 0 amide bonds. The molecular weight excluding hydrogens is 412 g/mol. The Labute approximate surface area is 195 Å². The van der Waals surface area contributed by atoms with E-state index in [1.807, 2.05) is 80.1 Å². The second kappa shape index (κ2) is 9.83. The lowest BCUT2D eigenvalue weighted by Gasteiger charge is -2.29. The van der Waals surface area contributed by atoms with Crippen molar-refractivity contribution < 1.29 is 6.16 Å². The molecule has 33 heavy (non-hydrogen) atoms. The Bertz CT molecular complexity index is 1230. The second-order valence-corrected chi connectivity index (χ2v) is 8.31. The van der Waals surface area contributed by atoms with Gasteiger partial charge in [-0.2, -0.15) is 0 Å². The number of pyridine rings is 1. The molecule has 0 aliphatic carbocycles. The fourth-order valence-corrected chi connectivity index (χ4v) is 3.91. The van der Waals surface area contributed by atoms with Crippen LogP contribution < -0.4 is 10.6 Å². The lowest BCUT2D eigenvalue weighted by molar-refractivity contribution is 0.123. The van der Waals surface area contributed by atoms with Gasteiger partial charge in [0.05, 0.1) is 30.9 Å². The highest BCUT2D eigenvalue weighted by Crippen LogP contribution is 2.26. The number of aromatic nitrogens is 3. The van der Waals surface area contributed by atoms with Crippen molar-refractivity contribution in [2.75, 3.05) is 36.9 Å². The van der Waals surface area contributed by atoms with Crippen molar-refractivity contribution in [3.8, 4) is 0 Å². The van der Waals surface area contributed by atoms with Gasteiger partial charge in [-0.1, -0.05) is 47.5 Å². The van der Waals surface area contributed by atoms with Gasteiger partial charge in [0.2, 0.25) is 0 Å². The van der Waals surface area contributed by atoms with E-state index in [1.54, 1.807) is 6.33 Å².